The van der Waals surface area contributed by atoms with Crippen LogP contribution >= 0.6 is 15.9 Å². The third-order valence-corrected chi connectivity index (χ3v) is 4.20. The molecule has 0 saturated carbocycles. The summed E-state index contributed by atoms with van der Waals surface area (Å²) >= 11 is 3.12. The van der Waals surface area contributed by atoms with Crippen LogP contribution in [0.1, 0.15) is 6.42 Å². The van der Waals surface area contributed by atoms with Crippen LogP contribution in [-0.4, -0.2) is 31.1 Å². The van der Waals surface area contributed by atoms with E-state index >= 15 is 0 Å². The van der Waals surface area contributed by atoms with Crippen LogP contribution in [0.15, 0.2) is 21.5 Å². The van der Waals surface area contributed by atoms with Gasteiger partial charge in [0.25, 0.3) is 5.56 Å². The lowest BCUT2D eigenvalue weighted by Crippen LogP contribution is -2.31. The fraction of sp³-hybridized carbons (Fsp3) is 0.333. The van der Waals surface area contributed by atoms with Gasteiger partial charge >= 0.3 is 10.2 Å². The Bertz CT molecular complexity index is 657. The summed E-state index contributed by atoms with van der Waals surface area (Å²) in [5.74, 6) is -0.593. The third-order valence-electron chi connectivity index (χ3n) is 2.63. The number of amides is 1. The van der Waals surface area contributed by atoms with Gasteiger partial charge in [-0.05, 0) is 22.0 Å². The molecule has 1 aliphatic rings. The normalized spacial score (nSPS) is 20.4. The molecule has 1 aromatic heterocycles. The number of nitrogens with one attached hydrogen (secondary N) is 1. The topological polar surface area (TPSA) is 87.3 Å². The zero-order chi connectivity index (χ0) is 13.5. The largest absolute Gasteiger partial charge is 0.326 e. The highest BCUT2D eigenvalue weighted by Gasteiger charge is 2.39. The third kappa shape index (κ3) is 2.46. The smallest absolute Gasteiger partial charge is 0.307 e. The molecular weight excluding hydrogens is 331 g/mol. The lowest BCUT2D eigenvalue weighted by atomic mass is 10.4. The number of nitrogens with zero attached hydrogens (tertiary/aromatic N) is 1. The first-order chi connectivity index (χ1) is 8.29. The van der Waals surface area contributed by atoms with Crippen LogP contribution in [0.3, 0.4) is 0 Å². The number of carbonyl (C=O) groups excluding carboxylic acids is 1. The maximum absolute atomic E-state index is 12.8. The van der Waals surface area contributed by atoms with Crippen molar-refractivity contribution in [3.05, 3.63) is 27.1 Å². The van der Waals surface area contributed by atoms with E-state index in [4.69, 9.17) is 0 Å². The molecule has 1 aliphatic heterocycles. The van der Waals surface area contributed by atoms with E-state index in [1.165, 1.54) is 12.3 Å². The van der Waals surface area contributed by atoms with Gasteiger partial charge in [-0.2, -0.15) is 8.42 Å². The molecule has 18 heavy (non-hydrogen) atoms. The molecule has 6 nitrogen and oxygen atoms in total. The fourth-order valence-electron chi connectivity index (χ4n) is 1.74. The molecule has 1 aromatic rings. The minimum atomic E-state index is -4.79. The molecule has 1 saturated heterocycles. The van der Waals surface area contributed by atoms with E-state index in [-0.39, 0.29) is 12.2 Å². The van der Waals surface area contributed by atoms with E-state index in [0.717, 1.165) is 4.90 Å². The molecule has 1 atom stereocenters. The molecule has 0 bridgehead atoms. The number of aromatic nitrogens is 1. The Hall–Kier alpha value is -1.22. The summed E-state index contributed by atoms with van der Waals surface area (Å²) < 4.78 is 34.9. The van der Waals surface area contributed by atoms with Gasteiger partial charge in [-0.3, -0.25) is 9.59 Å². The lowest BCUT2D eigenvalue weighted by molar-refractivity contribution is -0.117. The zero-order valence-electron chi connectivity index (χ0n) is 8.89. The second-order valence-corrected chi connectivity index (χ2v) is 6.37. The summed E-state index contributed by atoms with van der Waals surface area (Å²) in [6.07, 6.45) is 0.931. The van der Waals surface area contributed by atoms with Gasteiger partial charge in [-0.1, -0.05) is 0 Å². The Balaban J connectivity index is 2.39. The minimum absolute atomic E-state index is 0.000486. The molecule has 1 N–H and O–H groups in total. The van der Waals surface area contributed by atoms with Crippen LogP contribution in [0.4, 0.5) is 9.57 Å². The van der Waals surface area contributed by atoms with Crippen molar-refractivity contribution in [2.45, 2.75) is 11.7 Å². The molecule has 98 valence electrons. The van der Waals surface area contributed by atoms with E-state index in [1.54, 1.807) is 0 Å². The van der Waals surface area contributed by atoms with Crippen LogP contribution in [-0.2, 0) is 15.0 Å². The predicted molar refractivity (Wildman–Crippen MR) is 65.5 cm³/mol. The monoisotopic (exact) mass is 338 g/mol. The molecule has 0 aromatic carbocycles. The molecule has 0 radical (unpaired) electrons. The summed E-state index contributed by atoms with van der Waals surface area (Å²) in [6, 6.07) is 1.38. The highest BCUT2D eigenvalue weighted by Crippen LogP contribution is 2.24. The molecule has 0 spiro atoms. The second kappa shape index (κ2) is 4.47. The minimum Gasteiger partial charge on any atom is -0.326 e. The van der Waals surface area contributed by atoms with Gasteiger partial charge in [-0.15, -0.1) is 3.89 Å². The van der Waals surface area contributed by atoms with Gasteiger partial charge in [0.05, 0.1) is 0 Å². The Morgan fingerprint density at radius 2 is 2.11 bits per heavy atom. The Morgan fingerprint density at radius 3 is 2.67 bits per heavy atom. The van der Waals surface area contributed by atoms with E-state index in [2.05, 4.69) is 20.9 Å². The van der Waals surface area contributed by atoms with Crippen molar-refractivity contribution in [1.82, 2.24) is 4.98 Å². The first-order valence-corrected chi connectivity index (χ1v) is 7.15. The fourth-order valence-corrected chi connectivity index (χ4v) is 2.74. The molecule has 9 heteroatoms. The predicted octanol–water partition coefficient (Wildman–Crippen LogP) is 0.542. The van der Waals surface area contributed by atoms with Crippen LogP contribution in [0.2, 0.25) is 0 Å². The number of hydrogen-bond acceptors (Lipinski definition) is 4. The Morgan fingerprint density at radius 1 is 1.44 bits per heavy atom. The number of hydrogen-bond donors (Lipinski definition) is 1. The van der Waals surface area contributed by atoms with Crippen LogP contribution in [0.25, 0.3) is 0 Å². The van der Waals surface area contributed by atoms with Gasteiger partial charge in [0.15, 0.2) is 0 Å². The van der Waals surface area contributed by atoms with Crippen molar-refractivity contribution in [2.24, 2.45) is 0 Å². The number of rotatable bonds is 2. The molecule has 2 rings (SSSR count). The molecule has 0 aliphatic carbocycles. The van der Waals surface area contributed by atoms with Crippen LogP contribution in [0.5, 0.6) is 0 Å². The average molecular weight is 339 g/mol. The second-order valence-electron chi connectivity index (χ2n) is 3.84. The molecule has 1 amide bonds. The first kappa shape index (κ1) is 13.2. The Labute approximate surface area is 110 Å². The summed E-state index contributed by atoms with van der Waals surface area (Å²) in [4.78, 5) is 26.5. The first-order valence-electron chi connectivity index (χ1n) is 4.91. The Kier molecular flexibility index (Phi) is 3.28. The van der Waals surface area contributed by atoms with Gasteiger partial charge in [-0.25, -0.2) is 0 Å². The molecule has 1 unspecified atom stereocenters. The molecule has 2 heterocycles. The van der Waals surface area contributed by atoms with E-state index in [9.17, 15) is 21.9 Å². The number of H-pyrrole nitrogens is 1. The van der Waals surface area contributed by atoms with Crippen molar-refractivity contribution in [3.8, 4) is 0 Å². The van der Waals surface area contributed by atoms with Crippen LogP contribution in [0, 0.1) is 0 Å². The standard InChI is InChI=1S/C9H8BrFN2O4S/c10-5-1-7(9(15)12-3-5)13-4-6(2-8(13)14)18(11,16)17/h1,3,6H,2,4H2,(H,12,15). The maximum Gasteiger partial charge on any atom is 0.307 e. The van der Waals surface area contributed by atoms with E-state index in [1.807, 2.05) is 0 Å². The van der Waals surface area contributed by atoms with Crippen molar-refractivity contribution >= 4 is 37.7 Å². The molecule has 1 fully saturated rings. The highest BCUT2D eigenvalue weighted by atomic mass is 79.9. The molecular formula is C9H8BrFN2O4S. The quantitative estimate of drug-likeness (QED) is 0.797. The van der Waals surface area contributed by atoms with Crippen molar-refractivity contribution < 1.29 is 17.1 Å². The summed E-state index contributed by atoms with van der Waals surface area (Å²) in [5.41, 5.74) is -0.538. The summed E-state index contributed by atoms with van der Waals surface area (Å²) in [6.45, 7) is -0.350. The number of aromatic amines is 1. The van der Waals surface area contributed by atoms with Crippen LogP contribution < -0.4 is 10.5 Å². The van der Waals surface area contributed by atoms with Gasteiger partial charge in [0.2, 0.25) is 5.91 Å². The van der Waals surface area contributed by atoms with Crippen molar-refractivity contribution in [1.29, 1.82) is 0 Å². The van der Waals surface area contributed by atoms with Gasteiger partial charge in [0.1, 0.15) is 10.9 Å². The average Bonchev–Trinajstić information content (AvgIpc) is 2.64. The zero-order valence-corrected chi connectivity index (χ0v) is 11.3. The van der Waals surface area contributed by atoms with Crippen molar-refractivity contribution in [2.75, 3.05) is 11.4 Å². The summed E-state index contributed by atoms with van der Waals surface area (Å²) in [7, 11) is -4.79. The van der Waals surface area contributed by atoms with E-state index < -0.39 is 33.4 Å². The van der Waals surface area contributed by atoms with E-state index in [0.29, 0.717) is 4.47 Å². The number of anilines is 1. The number of carbonyl (C=O) groups is 1. The maximum atomic E-state index is 12.8. The number of halogens is 2. The summed E-state index contributed by atoms with van der Waals surface area (Å²) in [5, 5.41) is -1.41. The van der Waals surface area contributed by atoms with Gasteiger partial charge in [0, 0.05) is 23.6 Å². The van der Waals surface area contributed by atoms with Gasteiger partial charge < -0.3 is 9.88 Å². The lowest BCUT2D eigenvalue weighted by Gasteiger charge is -2.14. The highest BCUT2D eigenvalue weighted by molar-refractivity contribution is 9.10. The van der Waals surface area contributed by atoms with Crippen molar-refractivity contribution in [3.63, 3.8) is 0 Å². The number of pyridine rings is 1. The SMILES string of the molecule is O=C1CC(S(=O)(=O)F)CN1c1cc(Br)c[nH]c1=O.